The van der Waals surface area contributed by atoms with Crippen LogP contribution < -0.4 is 0 Å². The second-order valence-corrected chi connectivity index (χ2v) is 8.08. The molecule has 1 atom stereocenters. The van der Waals surface area contributed by atoms with Crippen LogP contribution in [0.25, 0.3) is 0 Å². The third kappa shape index (κ3) is 7.59. The van der Waals surface area contributed by atoms with Gasteiger partial charge in [-0.15, -0.1) is 11.8 Å². The molecular weight excluding hydrogens is 445 g/mol. The molecule has 10 heteroatoms. The number of thioether (sulfide) groups is 1. The fourth-order valence-electron chi connectivity index (χ4n) is 2.37. The first-order chi connectivity index (χ1) is 13.3. The van der Waals surface area contributed by atoms with Gasteiger partial charge in [-0.2, -0.15) is 0 Å². The average Bonchev–Trinajstić information content (AvgIpc) is 3.13. The van der Waals surface area contributed by atoms with Crippen molar-refractivity contribution in [2.24, 2.45) is 0 Å². The number of rotatable bonds is 6. The Morgan fingerprint density at radius 2 is 1.71 bits per heavy atom. The van der Waals surface area contributed by atoms with Crippen molar-refractivity contribution >= 4 is 46.6 Å². The van der Waals surface area contributed by atoms with E-state index in [2.05, 4.69) is 9.55 Å². The Labute approximate surface area is 181 Å². The number of imidazole rings is 1. The van der Waals surface area contributed by atoms with Crippen LogP contribution >= 0.6 is 46.6 Å². The van der Waals surface area contributed by atoms with Crippen molar-refractivity contribution in [3.8, 4) is 0 Å². The summed E-state index contributed by atoms with van der Waals surface area (Å²) in [5, 5.41) is 14.8. The largest absolute Gasteiger partial charge is 0.472 e. The molecule has 148 valence electrons. The molecule has 0 fully saturated rings. The molecule has 28 heavy (non-hydrogen) atoms. The van der Waals surface area contributed by atoms with Gasteiger partial charge in [0.1, 0.15) is 4.91 Å². The van der Waals surface area contributed by atoms with Gasteiger partial charge in [0.15, 0.2) is 0 Å². The van der Waals surface area contributed by atoms with E-state index in [9.17, 15) is 0 Å². The maximum atomic E-state index is 8.47. The molecule has 6 nitrogen and oxygen atoms in total. The summed E-state index contributed by atoms with van der Waals surface area (Å²) in [6.45, 7) is 0.791. The van der Waals surface area contributed by atoms with E-state index in [-0.39, 0.29) is 5.25 Å². The minimum absolute atomic E-state index is 0.194. The van der Waals surface area contributed by atoms with Crippen molar-refractivity contribution in [3.05, 3.63) is 92.3 Å². The summed E-state index contributed by atoms with van der Waals surface area (Å²) in [5.74, 6) is 0.871. The summed E-state index contributed by atoms with van der Waals surface area (Å²) >= 11 is 20.2. The Balaban J connectivity index is 0.000000640. The molecule has 3 rings (SSSR count). The van der Waals surface area contributed by atoms with E-state index in [4.69, 9.17) is 50.1 Å². The van der Waals surface area contributed by atoms with Crippen molar-refractivity contribution in [1.82, 2.24) is 9.55 Å². The molecule has 1 heterocycles. The van der Waals surface area contributed by atoms with Crippen LogP contribution in [0.5, 0.6) is 0 Å². The highest BCUT2D eigenvalue weighted by atomic mass is 35.5. The molecule has 3 aromatic rings. The summed E-state index contributed by atoms with van der Waals surface area (Å²) < 4.78 is 2.06. The first-order valence-electron chi connectivity index (χ1n) is 7.97. The Bertz CT molecular complexity index is 889. The van der Waals surface area contributed by atoms with Gasteiger partial charge in [-0.05, 0) is 35.4 Å². The molecule has 2 aromatic carbocycles. The molecule has 0 saturated heterocycles. The molecule has 0 spiro atoms. The molecule has 0 amide bonds. The Hall–Kier alpha value is -1.93. The van der Waals surface area contributed by atoms with E-state index in [1.165, 1.54) is 5.56 Å². The van der Waals surface area contributed by atoms with Crippen LogP contribution in [0, 0.1) is 4.91 Å². The lowest BCUT2D eigenvalue weighted by atomic mass is 10.1. The van der Waals surface area contributed by atoms with Crippen LogP contribution in [0.1, 0.15) is 16.4 Å². The van der Waals surface area contributed by atoms with Crippen LogP contribution in [0.4, 0.5) is 0 Å². The van der Waals surface area contributed by atoms with Crippen molar-refractivity contribution in [2.45, 2.75) is 17.5 Å². The molecule has 0 radical (unpaired) electrons. The fraction of sp³-hybridized carbons (Fsp3) is 0.167. The SMILES string of the molecule is Clc1ccc(CSC(Cn2ccnc2)c2ccc(Cl)cc2Cl)cc1.O=[N+](O)O. The highest BCUT2D eigenvalue weighted by Gasteiger charge is 2.17. The molecule has 1 unspecified atom stereocenters. The third-order valence-electron chi connectivity index (χ3n) is 3.61. The lowest BCUT2D eigenvalue weighted by Gasteiger charge is -2.19. The fourth-order valence-corrected chi connectivity index (χ4v) is 4.35. The Morgan fingerprint density at radius 3 is 2.29 bits per heavy atom. The summed E-state index contributed by atoms with van der Waals surface area (Å²) in [4.78, 5) is 12.6. The van der Waals surface area contributed by atoms with Gasteiger partial charge >= 0.3 is 5.09 Å². The molecule has 0 saturated carbocycles. The van der Waals surface area contributed by atoms with E-state index >= 15 is 0 Å². The van der Waals surface area contributed by atoms with Gasteiger partial charge in [-0.3, -0.25) is 0 Å². The van der Waals surface area contributed by atoms with Gasteiger partial charge in [-0.1, -0.05) is 53.0 Å². The van der Waals surface area contributed by atoms with Gasteiger partial charge < -0.3 is 4.57 Å². The summed E-state index contributed by atoms with van der Waals surface area (Å²) in [7, 11) is 0. The number of aromatic nitrogens is 2. The number of hydrogen-bond donors (Lipinski definition) is 2. The van der Waals surface area contributed by atoms with Crippen molar-refractivity contribution < 1.29 is 15.5 Å². The van der Waals surface area contributed by atoms with Crippen LogP contribution in [-0.4, -0.2) is 25.1 Å². The first-order valence-corrected chi connectivity index (χ1v) is 10.1. The second kappa shape index (κ2) is 11.2. The van der Waals surface area contributed by atoms with E-state index in [0.29, 0.717) is 10.0 Å². The standard InChI is InChI=1S/C18H15Cl3N2S.H2NO3/c19-14-3-1-13(2-4-14)11-24-18(10-23-8-7-22-12-23)16-6-5-15(20)9-17(16)21;2-1(3)4/h1-9,12,18H,10-11H2;(H2,2,3,4)/q;+1. The van der Waals surface area contributed by atoms with Crippen LogP contribution in [0.2, 0.25) is 15.1 Å². The van der Waals surface area contributed by atoms with E-state index in [0.717, 1.165) is 22.9 Å². The van der Waals surface area contributed by atoms with Gasteiger partial charge in [-0.25, -0.2) is 15.4 Å². The maximum absolute atomic E-state index is 8.47. The average molecular weight is 462 g/mol. The topological polar surface area (TPSA) is 78.4 Å². The maximum Gasteiger partial charge on any atom is 0.472 e. The Morgan fingerprint density at radius 1 is 1.07 bits per heavy atom. The third-order valence-corrected chi connectivity index (χ3v) is 5.73. The first kappa shape index (κ1) is 22.4. The molecular formula is C18H17Cl3N3O3S+. The van der Waals surface area contributed by atoms with Crippen LogP contribution in [0.15, 0.2) is 61.2 Å². The Kier molecular flexibility index (Phi) is 8.92. The lowest BCUT2D eigenvalue weighted by Crippen LogP contribution is -2.06. The summed E-state index contributed by atoms with van der Waals surface area (Å²) in [6.07, 6.45) is 5.56. The minimum Gasteiger partial charge on any atom is -0.336 e. The number of hydrogen-bond acceptors (Lipinski definition) is 3. The zero-order chi connectivity index (χ0) is 20.5. The highest BCUT2D eigenvalue weighted by molar-refractivity contribution is 7.98. The molecule has 0 aliphatic heterocycles. The summed E-state index contributed by atoms with van der Waals surface area (Å²) in [6, 6.07) is 13.6. The smallest absolute Gasteiger partial charge is 0.336 e. The van der Waals surface area contributed by atoms with Gasteiger partial charge in [0.25, 0.3) is 0 Å². The molecule has 0 aliphatic carbocycles. The van der Waals surface area contributed by atoms with Gasteiger partial charge in [0.05, 0.1) is 6.33 Å². The normalized spacial score (nSPS) is 11.4. The van der Waals surface area contributed by atoms with Gasteiger partial charge in [0.2, 0.25) is 0 Å². The molecule has 0 bridgehead atoms. The van der Waals surface area contributed by atoms with Crippen molar-refractivity contribution in [2.75, 3.05) is 0 Å². The highest BCUT2D eigenvalue weighted by Crippen LogP contribution is 2.38. The van der Waals surface area contributed by atoms with Crippen molar-refractivity contribution in [1.29, 1.82) is 0 Å². The van der Waals surface area contributed by atoms with Crippen LogP contribution in [-0.2, 0) is 12.3 Å². The zero-order valence-corrected chi connectivity index (χ0v) is 17.5. The van der Waals surface area contributed by atoms with Crippen LogP contribution in [0.3, 0.4) is 0 Å². The van der Waals surface area contributed by atoms with Crippen molar-refractivity contribution in [3.63, 3.8) is 0 Å². The molecule has 1 aromatic heterocycles. The predicted octanol–water partition coefficient (Wildman–Crippen LogP) is 6.06. The quantitative estimate of drug-likeness (QED) is 0.436. The number of benzene rings is 2. The van der Waals surface area contributed by atoms with Gasteiger partial charge in [0, 0.05) is 45.0 Å². The zero-order valence-electron chi connectivity index (χ0n) is 14.5. The minimum atomic E-state index is -1.25. The van der Waals surface area contributed by atoms with E-state index < -0.39 is 5.09 Å². The molecule has 2 N–H and O–H groups in total. The number of halogens is 3. The predicted molar refractivity (Wildman–Crippen MR) is 111 cm³/mol. The molecule has 0 aliphatic rings. The van der Waals surface area contributed by atoms with E-state index in [1.54, 1.807) is 12.3 Å². The monoisotopic (exact) mass is 460 g/mol. The second-order valence-electron chi connectivity index (χ2n) is 5.60. The number of nitrogens with zero attached hydrogens (tertiary/aromatic N) is 3. The summed E-state index contributed by atoms with van der Waals surface area (Å²) in [5.41, 5.74) is 2.30. The van der Waals surface area contributed by atoms with E-state index in [1.807, 2.05) is 60.7 Å². The lowest BCUT2D eigenvalue weighted by molar-refractivity contribution is -0.969.